The number of ether oxygens (including phenoxy) is 1. The minimum atomic E-state index is 0.198. The zero-order chi connectivity index (χ0) is 17.7. The van der Waals surface area contributed by atoms with Crippen LogP contribution in [0.15, 0.2) is 4.99 Å². The van der Waals surface area contributed by atoms with Crippen molar-refractivity contribution >= 4 is 5.96 Å². The molecule has 5 nitrogen and oxygen atoms in total. The van der Waals surface area contributed by atoms with Crippen molar-refractivity contribution in [2.24, 2.45) is 16.3 Å². The smallest absolute Gasteiger partial charge is 0.191 e. The Morgan fingerprint density at radius 3 is 2.54 bits per heavy atom. The predicted molar refractivity (Wildman–Crippen MR) is 101 cm³/mol. The number of aliphatic imine (C=N–C) groups is 1. The number of guanidine groups is 1. The fourth-order valence-electron chi connectivity index (χ4n) is 3.28. The summed E-state index contributed by atoms with van der Waals surface area (Å²) in [5.74, 6) is 1.56. The largest absolute Gasteiger partial charge is 0.396 e. The second-order valence-corrected chi connectivity index (χ2v) is 7.45. The normalized spacial score (nSPS) is 18.0. The van der Waals surface area contributed by atoms with Crippen molar-refractivity contribution in [3.05, 3.63) is 0 Å². The lowest BCUT2D eigenvalue weighted by Crippen LogP contribution is -2.40. The highest BCUT2D eigenvalue weighted by atomic mass is 16.5. The maximum Gasteiger partial charge on any atom is 0.191 e. The van der Waals surface area contributed by atoms with E-state index in [1.165, 1.54) is 32.1 Å². The lowest BCUT2D eigenvalue weighted by atomic mass is 9.72. The van der Waals surface area contributed by atoms with E-state index in [2.05, 4.69) is 31.4 Å². The Morgan fingerprint density at radius 1 is 1.17 bits per heavy atom. The maximum absolute atomic E-state index is 9.42. The van der Waals surface area contributed by atoms with Crippen LogP contribution in [-0.2, 0) is 4.74 Å². The molecule has 0 heterocycles. The molecule has 0 saturated heterocycles. The topological polar surface area (TPSA) is 65.9 Å². The van der Waals surface area contributed by atoms with Gasteiger partial charge in [-0.25, -0.2) is 0 Å². The molecule has 24 heavy (non-hydrogen) atoms. The van der Waals surface area contributed by atoms with Gasteiger partial charge in [-0.1, -0.05) is 33.1 Å². The molecule has 1 saturated carbocycles. The van der Waals surface area contributed by atoms with E-state index in [-0.39, 0.29) is 12.0 Å². The van der Waals surface area contributed by atoms with Crippen LogP contribution < -0.4 is 10.6 Å². The van der Waals surface area contributed by atoms with Crippen molar-refractivity contribution in [1.29, 1.82) is 0 Å². The van der Waals surface area contributed by atoms with E-state index in [1.807, 2.05) is 0 Å². The second-order valence-electron chi connectivity index (χ2n) is 7.45. The molecule has 1 fully saturated rings. The molecule has 3 N–H and O–H groups in total. The van der Waals surface area contributed by atoms with Crippen LogP contribution in [0.3, 0.4) is 0 Å². The third kappa shape index (κ3) is 8.88. The summed E-state index contributed by atoms with van der Waals surface area (Å²) in [4.78, 5) is 4.80. The average molecular weight is 342 g/mol. The van der Waals surface area contributed by atoms with Crippen molar-refractivity contribution in [1.82, 2.24) is 10.6 Å². The molecule has 1 aliphatic carbocycles. The summed E-state index contributed by atoms with van der Waals surface area (Å²) in [5, 5.41) is 16.1. The van der Waals surface area contributed by atoms with Crippen molar-refractivity contribution in [3.63, 3.8) is 0 Å². The first kappa shape index (κ1) is 21.2. The van der Waals surface area contributed by atoms with Gasteiger partial charge in [-0.2, -0.15) is 0 Å². The van der Waals surface area contributed by atoms with Crippen LogP contribution in [0, 0.1) is 11.3 Å². The fourth-order valence-corrected chi connectivity index (χ4v) is 3.28. The van der Waals surface area contributed by atoms with Crippen LogP contribution in [0.2, 0.25) is 0 Å². The van der Waals surface area contributed by atoms with E-state index >= 15 is 0 Å². The lowest BCUT2D eigenvalue weighted by Gasteiger charge is -2.35. The molecule has 0 aromatic rings. The Bertz CT molecular complexity index is 334. The Kier molecular flexibility index (Phi) is 11.1. The Hall–Kier alpha value is -0.810. The van der Waals surface area contributed by atoms with Gasteiger partial charge in [-0.3, -0.25) is 4.99 Å². The lowest BCUT2D eigenvalue weighted by molar-refractivity contribution is 0.127. The van der Waals surface area contributed by atoms with Gasteiger partial charge < -0.3 is 20.5 Å². The number of nitrogens with zero attached hydrogens (tertiary/aromatic N) is 1. The number of hydrogen-bond donors (Lipinski definition) is 3. The van der Waals surface area contributed by atoms with Gasteiger partial charge in [0.15, 0.2) is 5.96 Å². The van der Waals surface area contributed by atoms with E-state index in [1.54, 1.807) is 0 Å². The van der Waals surface area contributed by atoms with E-state index in [0.29, 0.717) is 12.5 Å². The Labute approximate surface area is 148 Å². The third-order valence-electron chi connectivity index (χ3n) is 4.85. The average Bonchev–Trinajstić information content (AvgIpc) is 2.56. The van der Waals surface area contributed by atoms with Crippen molar-refractivity contribution in [2.45, 2.75) is 65.7 Å². The second kappa shape index (κ2) is 12.5. The van der Waals surface area contributed by atoms with Crippen LogP contribution in [0.1, 0.15) is 65.7 Å². The van der Waals surface area contributed by atoms with Gasteiger partial charge in [0, 0.05) is 32.8 Å². The van der Waals surface area contributed by atoms with Gasteiger partial charge in [0.05, 0.1) is 6.61 Å². The molecule has 0 atom stereocenters. The van der Waals surface area contributed by atoms with E-state index in [0.717, 1.165) is 45.0 Å². The monoisotopic (exact) mass is 341 g/mol. The van der Waals surface area contributed by atoms with Crippen LogP contribution in [0.4, 0.5) is 0 Å². The molecule has 1 aliphatic rings. The van der Waals surface area contributed by atoms with Crippen LogP contribution >= 0.6 is 0 Å². The van der Waals surface area contributed by atoms with Crippen molar-refractivity contribution in [3.8, 4) is 0 Å². The molecule has 0 spiro atoms. The highest BCUT2D eigenvalue weighted by molar-refractivity contribution is 5.79. The Balaban J connectivity index is 2.39. The van der Waals surface area contributed by atoms with Gasteiger partial charge in [-0.15, -0.1) is 0 Å². The quantitative estimate of drug-likeness (QED) is 0.307. The molecule has 142 valence electrons. The van der Waals surface area contributed by atoms with Crippen LogP contribution in [0.25, 0.3) is 0 Å². The molecule has 5 heteroatoms. The first-order valence-corrected chi connectivity index (χ1v) is 9.82. The third-order valence-corrected chi connectivity index (χ3v) is 4.85. The van der Waals surface area contributed by atoms with Gasteiger partial charge in [0.2, 0.25) is 0 Å². The minimum Gasteiger partial charge on any atom is -0.396 e. The first-order valence-electron chi connectivity index (χ1n) is 9.82. The molecule has 0 amide bonds. The van der Waals surface area contributed by atoms with Crippen LogP contribution in [-0.4, -0.2) is 50.5 Å². The zero-order valence-corrected chi connectivity index (χ0v) is 16.1. The summed E-state index contributed by atoms with van der Waals surface area (Å²) in [7, 11) is 0. The highest BCUT2D eigenvalue weighted by Crippen LogP contribution is 2.39. The Morgan fingerprint density at radius 2 is 1.92 bits per heavy atom. The fraction of sp³-hybridized carbons (Fsp3) is 0.947. The maximum atomic E-state index is 9.42. The molecule has 0 aromatic carbocycles. The minimum absolute atomic E-state index is 0.198. The summed E-state index contributed by atoms with van der Waals surface area (Å²) in [5.41, 5.74) is 0.198. The molecule has 0 bridgehead atoms. The number of aliphatic hydroxyl groups is 1. The molecule has 1 rings (SSSR count). The van der Waals surface area contributed by atoms with E-state index in [9.17, 15) is 5.11 Å². The molecule has 0 radical (unpaired) electrons. The molecule has 0 aliphatic heterocycles. The zero-order valence-electron chi connectivity index (χ0n) is 16.1. The molecular weight excluding hydrogens is 302 g/mol. The van der Waals surface area contributed by atoms with Gasteiger partial charge >= 0.3 is 0 Å². The van der Waals surface area contributed by atoms with E-state index in [4.69, 9.17) is 9.73 Å². The molecular formula is C19H39N3O2. The number of hydrogen-bond acceptors (Lipinski definition) is 3. The van der Waals surface area contributed by atoms with E-state index < -0.39 is 0 Å². The van der Waals surface area contributed by atoms with Gasteiger partial charge in [0.1, 0.15) is 0 Å². The number of nitrogens with one attached hydrogen (secondary N) is 2. The van der Waals surface area contributed by atoms with Crippen molar-refractivity contribution in [2.75, 3.05) is 39.5 Å². The number of aliphatic hydroxyl groups excluding tert-OH is 1. The van der Waals surface area contributed by atoms with Crippen LogP contribution in [0.5, 0.6) is 0 Å². The van der Waals surface area contributed by atoms with Gasteiger partial charge in [0.25, 0.3) is 0 Å². The van der Waals surface area contributed by atoms with Gasteiger partial charge in [-0.05, 0) is 43.9 Å². The first-order chi connectivity index (χ1) is 11.6. The predicted octanol–water partition coefficient (Wildman–Crippen LogP) is 2.94. The highest BCUT2D eigenvalue weighted by Gasteiger charge is 2.31. The standard InChI is InChI=1S/C19H39N3O2/c1-4-20-18(21-12-15-24-14-8-17(2)3)22-16-19(11-13-23)9-6-5-7-10-19/h17,23H,4-16H2,1-3H3,(H2,20,21,22). The SMILES string of the molecule is CCNC(=NCC1(CCO)CCCCC1)NCCOCCC(C)C. The summed E-state index contributed by atoms with van der Waals surface area (Å²) >= 11 is 0. The van der Waals surface area contributed by atoms with Crippen molar-refractivity contribution < 1.29 is 9.84 Å². The summed E-state index contributed by atoms with van der Waals surface area (Å²) in [6.45, 7) is 10.7. The summed E-state index contributed by atoms with van der Waals surface area (Å²) in [6, 6.07) is 0. The summed E-state index contributed by atoms with van der Waals surface area (Å²) in [6.07, 6.45) is 8.21. The molecule has 0 aromatic heterocycles. The summed E-state index contributed by atoms with van der Waals surface area (Å²) < 4.78 is 5.65. The number of rotatable bonds is 11. The molecule has 0 unspecified atom stereocenters.